The average molecular weight is 240 g/mol. The molecule has 2 amide bonds. The van der Waals surface area contributed by atoms with Crippen molar-refractivity contribution in [3.05, 3.63) is 0 Å². The zero-order chi connectivity index (χ0) is 12.6. The highest BCUT2D eigenvalue weighted by molar-refractivity contribution is 5.88. The molecule has 1 saturated carbocycles. The van der Waals surface area contributed by atoms with Crippen molar-refractivity contribution < 1.29 is 19.5 Å². The molecule has 0 aromatic carbocycles. The van der Waals surface area contributed by atoms with Gasteiger partial charge in [0.2, 0.25) is 11.8 Å². The van der Waals surface area contributed by atoms with Crippen LogP contribution in [0.2, 0.25) is 0 Å². The average Bonchev–Trinajstić information content (AvgIpc) is 2.98. The van der Waals surface area contributed by atoms with Crippen LogP contribution in [0.1, 0.15) is 25.7 Å². The number of amides is 2. The Bertz CT molecular complexity index is 364. The molecule has 6 nitrogen and oxygen atoms in total. The third-order valence-electron chi connectivity index (χ3n) is 3.51. The van der Waals surface area contributed by atoms with E-state index < -0.39 is 17.8 Å². The van der Waals surface area contributed by atoms with E-state index in [1.165, 1.54) is 0 Å². The number of rotatable bonds is 5. The Labute approximate surface area is 98.8 Å². The van der Waals surface area contributed by atoms with Gasteiger partial charge in [-0.15, -0.1) is 0 Å². The van der Waals surface area contributed by atoms with Crippen molar-refractivity contribution >= 4 is 17.8 Å². The zero-order valence-corrected chi connectivity index (χ0v) is 9.46. The maximum atomic E-state index is 11.8. The van der Waals surface area contributed by atoms with Crippen molar-refractivity contribution in [2.75, 3.05) is 6.54 Å². The van der Waals surface area contributed by atoms with Gasteiger partial charge in [0.1, 0.15) is 0 Å². The highest BCUT2D eigenvalue weighted by Crippen LogP contribution is 2.39. The molecule has 0 aromatic heterocycles. The summed E-state index contributed by atoms with van der Waals surface area (Å²) in [6.45, 7) is 0.280. The van der Waals surface area contributed by atoms with Crippen LogP contribution in [0, 0.1) is 11.8 Å². The fourth-order valence-corrected chi connectivity index (χ4v) is 2.43. The number of carbonyl (C=O) groups excluding carboxylic acids is 2. The standard InChI is InChI=1S/C11H16N2O4/c12-11(17)7-3-9(14)13(5-7)8(4-10(15)16)6-1-2-6/h6-8H,1-5H2,(H2,12,17)(H,15,16). The fraction of sp³-hybridized carbons (Fsp3) is 0.727. The summed E-state index contributed by atoms with van der Waals surface area (Å²) in [7, 11) is 0. The monoisotopic (exact) mass is 240 g/mol. The van der Waals surface area contributed by atoms with Gasteiger partial charge in [0.15, 0.2) is 0 Å². The smallest absolute Gasteiger partial charge is 0.305 e. The molecule has 94 valence electrons. The lowest BCUT2D eigenvalue weighted by Gasteiger charge is -2.26. The van der Waals surface area contributed by atoms with Crippen LogP contribution >= 0.6 is 0 Å². The van der Waals surface area contributed by atoms with Crippen molar-refractivity contribution in [1.82, 2.24) is 4.90 Å². The van der Waals surface area contributed by atoms with Gasteiger partial charge in [0, 0.05) is 19.0 Å². The molecule has 0 radical (unpaired) electrons. The van der Waals surface area contributed by atoms with E-state index in [1.54, 1.807) is 4.90 Å². The van der Waals surface area contributed by atoms with Crippen molar-refractivity contribution in [3.8, 4) is 0 Å². The van der Waals surface area contributed by atoms with Gasteiger partial charge >= 0.3 is 5.97 Å². The number of nitrogens with two attached hydrogens (primary N) is 1. The molecule has 2 atom stereocenters. The Kier molecular flexibility index (Phi) is 3.04. The Morgan fingerprint density at radius 2 is 2.12 bits per heavy atom. The van der Waals surface area contributed by atoms with Crippen LogP contribution in [0.3, 0.4) is 0 Å². The number of carboxylic acids is 1. The quantitative estimate of drug-likeness (QED) is 0.681. The minimum Gasteiger partial charge on any atom is -0.481 e. The zero-order valence-electron chi connectivity index (χ0n) is 9.46. The Morgan fingerprint density at radius 1 is 1.47 bits per heavy atom. The second-order valence-electron chi connectivity index (χ2n) is 4.85. The van der Waals surface area contributed by atoms with Gasteiger partial charge < -0.3 is 15.7 Å². The number of nitrogens with zero attached hydrogens (tertiary/aromatic N) is 1. The molecule has 1 heterocycles. The molecule has 17 heavy (non-hydrogen) atoms. The molecule has 2 aliphatic rings. The molecule has 1 aliphatic carbocycles. The van der Waals surface area contributed by atoms with E-state index in [1.807, 2.05) is 0 Å². The van der Waals surface area contributed by atoms with E-state index in [-0.39, 0.29) is 37.3 Å². The molecule has 2 fully saturated rings. The number of likely N-dealkylation sites (tertiary alicyclic amines) is 1. The summed E-state index contributed by atoms with van der Waals surface area (Å²) in [5, 5.41) is 8.85. The topological polar surface area (TPSA) is 101 Å². The summed E-state index contributed by atoms with van der Waals surface area (Å²) >= 11 is 0. The van der Waals surface area contributed by atoms with Gasteiger partial charge in [-0.3, -0.25) is 14.4 Å². The van der Waals surface area contributed by atoms with Gasteiger partial charge in [0.25, 0.3) is 0 Å². The van der Waals surface area contributed by atoms with Gasteiger partial charge in [-0.05, 0) is 18.8 Å². The van der Waals surface area contributed by atoms with Crippen LogP contribution in [0.25, 0.3) is 0 Å². The van der Waals surface area contributed by atoms with Crippen molar-refractivity contribution in [2.24, 2.45) is 17.6 Å². The van der Waals surface area contributed by atoms with Crippen molar-refractivity contribution in [1.29, 1.82) is 0 Å². The Hall–Kier alpha value is -1.59. The van der Waals surface area contributed by atoms with Crippen LogP contribution < -0.4 is 5.73 Å². The predicted octanol–water partition coefficient (Wildman–Crippen LogP) is -0.427. The van der Waals surface area contributed by atoms with Crippen molar-refractivity contribution in [3.63, 3.8) is 0 Å². The number of carboxylic acid groups (broad SMARTS) is 1. The van der Waals surface area contributed by atoms with Crippen LogP contribution in [-0.2, 0) is 14.4 Å². The lowest BCUT2D eigenvalue weighted by Crippen LogP contribution is -2.40. The fourth-order valence-electron chi connectivity index (χ4n) is 2.43. The van der Waals surface area contributed by atoms with E-state index in [0.29, 0.717) is 0 Å². The second kappa shape index (κ2) is 4.35. The SMILES string of the molecule is NC(=O)C1CC(=O)N(C(CC(=O)O)C2CC2)C1. The summed E-state index contributed by atoms with van der Waals surface area (Å²) in [5.41, 5.74) is 5.18. The molecule has 0 aromatic rings. The van der Waals surface area contributed by atoms with Crippen LogP contribution in [0.5, 0.6) is 0 Å². The first-order chi connectivity index (χ1) is 7.99. The molecule has 0 bridgehead atoms. The summed E-state index contributed by atoms with van der Waals surface area (Å²) in [5.74, 6) is -1.71. The normalized spacial score (nSPS) is 26.0. The minimum absolute atomic E-state index is 0.0398. The molecule has 1 saturated heterocycles. The van der Waals surface area contributed by atoms with Gasteiger partial charge in [0.05, 0.1) is 12.3 Å². The largest absolute Gasteiger partial charge is 0.481 e. The maximum absolute atomic E-state index is 11.8. The number of carbonyl (C=O) groups is 3. The van der Waals surface area contributed by atoms with E-state index in [2.05, 4.69) is 0 Å². The maximum Gasteiger partial charge on any atom is 0.305 e. The molecular weight excluding hydrogens is 224 g/mol. The van der Waals surface area contributed by atoms with E-state index in [4.69, 9.17) is 10.8 Å². The molecular formula is C11H16N2O4. The number of hydrogen-bond acceptors (Lipinski definition) is 3. The number of hydrogen-bond donors (Lipinski definition) is 2. The van der Waals surface area contributed by atoms with Gasteiger partial charge in [-0.25, -0.2) is 0 Å². The first-order valence-electron chi connectivity index (χ1n) is 5.79. The second-order valence-corrected chi connectivity index (χ2v) is 4.85. The molecule has 6 heteroatoms. The molecule has 3 N–H and O–H groups in total. The number of primary amides is 1. The summed E-state index contributed by atoms with van der Waals surface area (Å²) < 4.78 is 0. The molecule has 2 unspecified atom stereocenters. The highest BCUT2D eigenvalue weighted by atomic mass is 16.4. The first-order valence-corrected chi connectivity index (χ1v) is 5.79. The molecule has 0 spiro atoms. The summed E-state index contributed by atoms with van der Waals surface area (Å²) in [6.07, 6.45) is 2.01. The Morgan fingerprint density at radius 3 is 2.53 bits per heavy atom. The first kappa shape index (κ1) is 11.9. The summed E-state index contributed by atoms with van der Waals surface area (Å²) in [4.78, 5) is 35.2. The third kappa shape index (κ3) is 2.57. The lowest BCUT2D eigenvalue weighted by atomic mass is 10.1. The highest BCUT2D eigenvalue weighted by Gasteiger charge is 2.43. The van der Waals surface area contributed by atoms with E-state index in [9.17, 15) is 14.4 Å². The van der Waals surface area contributed by atoms with Gasteiger partial charge in [-0.2, -0.15) is 0 Å². The van der Waals surface area contributed by atoms with Crippen LogP contribution in [0.15, 0.2) is 0 Å². The Balaban J connectivity index is 2.06. The van der Waals surface area contributed by atoms with Crippen LogP contribution in [0.4, 0.5) is 0 Å². The molecule has 1 aliphatic heterocycles. The van der Waals surface area contributed by atoms with Gasteiger partial charge in [-0.1, -0.05) is 0 Å². The van der Waals surface area contributed by atoms with Crippen molar-refractivity contribution in [2.45, 2.75) is 31.7 Å². The number of aliphatic carboxylic acids is 1. The third-order valence-corrected chi connectivity index (χ3v) is 3.51. The minimum atomic E-state index is -0.905. The summed E-state index contributed by atoms with van der Waals surface area (Å²) in [6, 6.07) is -0.260. The van der Waals surface area contributed by atoms with E-state index in [0.717, 1.165) is 12.8 Å². The lowest BCUT2D eigenvalue weighted by molar-refractivity contribution is -0.140. The van der Waals surface area contributed by atoms with Crippen LogP contribution in [-0.4, -0.2) is 40.4 Å². The van der Waals surface area contributed by atoms with E-state index >= 15 is 0 Å². The predicted molar refractivity (Wildman–Crippen MR) is 57.8 cm³/mol. The molecule has 2 rings (SSSR count).